The first-order valence-corrected chi connectivity index (χ1v) is 8.07. The summed E-state index contributed by atoms with van der Waals surface area (Å²) in [5.41, 5.74) is 8.65. The molecule has 0 saturated heterocycles. The zero-order chi connectivity index (χ0) is 18.9. The number of amides is 1. The van der Waals surface area contributed by atoms with Gasteiger partial charge in [0, 0.05) is 30.5 Å². The molecule has 0 bridgehead atoms. The lowest BCUT2D eigenvalue weighted by Crippen LogP contribution is -2.16. The largest absolute Gasteiger partial charge is 0.386 e. The number of nitrogens with two attached hydrogens (primary N) is 1. The van der Waals surface area contributed by atoms with E-state index in [0.717, 1.165) is 11.1 Å². The zero-order valence-corrected chi connectivity index (χ0v) is 14.5. The van der Waals surface area contributed by atoms with Gasteiger partial charge in [-0.3, -0.25) is 9.59 Å². The van der Waals surface area contributed by atoms with E-state index in [-0.39, 0.29) is 11.4 Å². The number of carbonyl (C=O) groups excluding carboxylic acids is 2. The van der Waals surface area contributed by atoms with Gasteiger partial charge in [-0.15, -0.1) is 0 Å². The number of nitrogens with zero attached hydrogens (tertiary/aromatic N) is 1. The molecule has 0 aliphatic carbocycles. The Balaban J connectivity index is 1.97. The number of Topliss-reactive ketones (excluding diaryl/α,β-unsaturated/α-hetero) is 1. The van der Waals surface area contributed by atoms with Crippen LogP contribution in [0.25, 0.3) is 0 Å². The number of nitrogens with one attached hydrogen (secondary N) is 2. The van der Waals surface area contributed by atoms with Crippen molar-refractivity contribution in [1.82, 2.24) is 5.32 Å². The molecule has 0 aliphatic heterocycles. The Hall–Kier alpha value is -3.43. The van der Waals surface area contributed by atoms with Crippen molar-refractivity contribution < 1.29 is 9.59 Å². The molecule has 0 aromatic heterocycles. The summed E-state index contributed by atoms with van der Waals surface area (Å²) < 4.78 is 0. The first-order valence-electron chi connectivity index (χ1n) is 8.07. The third-order valence-corrected chi connectivity index (χ3v) is 3.69. The van der Waals surface area contributed by atoms with Gasteiger partial charge in [-0.25, -0.2) is 0 Å². The summed E-state index contributed by atoms with van der Waals surface area (Å²) >= 11 is 0. The lowest BCUT2D eigenvalue weighted by Gasteiger charge is -2.06. The molecule has 0 heterocycles. The number of hydrogen-bond acceptors (Lipinski definition) is 5. The van der Waals surface area contributed by atoms with Crippen molar-refractivity contribution in [1.29, 1.82) is 5.26 Å². The molecule has 0 saturated carbocycles. The van der Waals surface area contributed by atoms with Gasteiger partial charge in [0.2, 0.25) is 0 Å². The van der Waals surface area contributed by atoms with E-state index in [2.05, 4.69) is 10.6 Å². The fourth-order valence-electron chi connectivity index (χ4n) is 2.27. The molecule has 2 aromatic rings. The second kappa shape index (κ2) is 9.16. The van der Waals surface area contributed by atoms with Gasteiger partial charge in [0.1, 0.15) is 11.6 Å². The number of anilines is 1. The topological polar surface area (TPSA) is 108 Å². The van der Waals surface area contributed by atoms with E-state index >= 15 is 0 Å². The van der Waals surface area contributed by atoms with Gasteiger partial charge in [-0.1, -0.05) is 24.3 Å². The molecule has 1 amide bonds. The number of hydrogen-bond donors (Lipinski definition) is 3. The van der Waals surface area contributed by atoms with E-state index in [1.165, 1.54) is 13.1 Å². The van der Waals surface area contributed by atoms with Crippen LogP contribution in [0.1, 0.15) is 28.4 Å². The molecule has 6 nitrogen and oxygen atoms in total. The minimum Gasteiger partial charge on any atom is -0.386 e. The quantitative estimate of drug-likeness (QED) is 0.405. The summed E-state index contributed by atoms with van der Waals surface area (Å²) in [6, 6.07) is 16.1. The van der Waals surface area contributed by atoms with Crippen LogP contribution < -0.4 is 16.4 Å². The van der Waals surface area contributed by atoms with E-state index in [1.807, 2.05) is 30.3 Å². The molecule has 0 spiro atoms. The van der Waals surface area contributed by atoms with Gasteiger partial charge in [0.05, 0.1) is 0 Å². The highest BCUT2D eigenvalue weighted by Gasteiger charge is 2.09. The summed E-state index contributed by atoms with van der Waals surface area (Å²) in [5, 5.41) is 14.8. The highest BCUT2D eigenvalue weighted by Crippen LogP contribution is 2.11. The lowest BCUT2D eigenvalue weighted by molar-refractivity contribution is -0.112. The Morgan fingerprint density at radius 2 is 1.85 bits per heavy atom. The monoisotopic (exact) mass is 348 g/mol. The predicted octanol–water partition coefficient (Wildman–Crippen LogP) is 2.48. The van der Waals surface area contributed by atoms with Crippen LogP contribution in [0, 0.1) is 11.3 Å². The first-order chi connectivity index (χ1) is 12.5. The van der Waals surface area contributed by atoms with Crippen molar-refractivity contribution in [3.8, 4) is 6.07 Å². The van der Waals surface area contributed by atoms with Crippen molar-refractivity contribution in [3.05, 3.63) is 77.0 Å². The Morgan fingerprint density at radius 3 is 2.46 bits per heavy atom. The SMILES string of the molecule is CC(=O)c1ccc(NC(=O)/C(C#N)=C\NCc2cccc(CN)c2)cc1. The number of ketones is 1. The van der Waals surface area contributed by atoms with Gasteiger partial charge in [-0.05, 0) is 42.3 Å². The Labute approximate surface area is 152 Å². The highest BCUT2D eigenvalue weighted by atomic mass is 16.1. The molecule has 4 N–H and O–H groups in total. The number of rotatable bonds is 7. The maximum Gasteiger partial charge on any atom is 0.267 e. The van der Waals surface area contributed by atoms with Gasteiger partial charge < -0.3 is 16.4 Å². The molecule has 2 rings (SSSR count). The minimum atomic E-state index is -0.522. The average Bonchev–Trinajstić information content (AvgIpc) is 2.65. The third-order valence-electron chi connectivity index (χ3n) is 3.69. The molecular formula is C20H20N4O2. The smallest absolute Gasteiger partial charge is 0.267 e. The van der Waals surface area contributed by atoms with Crippen LogP contribution in [0.15, 0.2) is 60.3 Å². The molecule has 0 atom stereocenters. The summed E-state index contributed by atoms with van der Waals surface area (Å²) in [6.45, 7) is 2.40. The van der Waals surface area contributed by atoms with Gasteiger partial charge >= 0.3 is 0 Å². The lowest BCUT2D eigenvalue weighted by atomic mass is 10.1. The van der Waals surface area contributed by atoms with Crippen LogP contribution in [0.4, 0.5) is 5.69 Å². The van der Waals surface area contributed by atoms with Crippen molar-refractivity contribution in [3.63, 3.8) is 0 Å². The molecular weight excluding hydrogens is 328 g/mol. The summed E-state index contributed by atoms with van der Waals surface area (Å²) in [7, 11) is 0. The van der Waals surface area contributed by atoms with Crippen molar-refractivity contribution in [2.75, 3.05) is 5.32 Å². The van der Waals surface area contributed by atoms with E-state index < -0.39 is 5.91 Å². The average molecular weight is 348 g/mol. The van der Waals surface area contributed by atoms with Crippen LogP contribution >= 0.6 is 0 Å². The van der Waals surface area contributed by atoms with E-state index in [1.54, 1.807) is 24.3 Å². The normalized spacial score (nSPS) is 10.7. The fourth-order valence-corrected chi connectivity index (χ4v) is 2.27. The standard InChI is InChI=1S/C20H20N4O2/c1-14(25)17-5-7-19(8-6-17)24-20(26)18(11-22)13-23-12-16-4-2-3-15(9-16)10-21/h2-9,13,23H,10,12,21H2,1H3,(H,24,26)/b18-13-. The predicted molar refractivity (Wildman–Crippen MR) is 99.9 cm³/mol. The van der Waals surface area contributed by atoms with Crippen LogP contribution in [0.5, 0.6) is 0 Å². The number of benzene rings is 2. The molecule has 2 aromatic carbocycles. The van der Waals surface area contributed by atoms with Gasteiger partial charge in [-0.2, -0.15) is 5.26 Å². The summed E-state index contributed by atoms with van der Waals surface area (Å²) in [4.78, 5) is 23.4. The molecule has 0 radical (unpaired) electrons. The molecule has 132 valence electrons. The summed E-state index contributed by atoms with van der Waals surface area (Å²) in [5.74, 6) is -0.574. The van der Waals surface area contributed by atoms with Crippen molar-refractivity contribution in [2.45, 2.75) is 20.0 Å². The van der Waals surface area contributed by atoms with Gasteiger partial charge in [0.15, 0.2) is 5.78 Å². The number of nitriles is 1. The second-order valence-electron chi connectivity index (χ2n) is 5.66. The Kier molecular flexibility index (Phi) is 6.66. The van der Waals surface area contributed by atoms with E-state index in [9.17, 15) is 14.9 Å². The third kappa shape index (κ3) is 5.30. The molecule has 26 heavy (non-hydrogen) atoms. The molecule has 0 unspecified atom stereocenters. The molecule has 0 aliphatic rings. The van der Waals surface area contributed by atoms with Crippen LogP contribution in [0.3, 0.4) is 0 Å². The maximum atomic E-state index is 12.2. The maximum absolute atomic E-state index is 12.2. The molecule has 6 heteroatoms. The Bertz CT molecular complexity index is 864. The van der Waals surface area contributed by atoms with E-state index in [0.29, 0.717) is 24.3 Å². The zero-order valence-electron chi connectivity index (χ0n) is 14.5. The van der Waals surface area contributed by atoms with E-state index in [4.69, 9.17) is 5.73 Å². The first kappa shape index (κ1) is 18.9. The van der Waals surface area contributed by atoms with Gasteiger partial charge in [0.25, 0.3) is 5.91 Å². The van der Waals surface area contributed by atoms with Crippen molar-refractivity contribution in [2.24, 2.45) is 5.73 Å². The van der Waals surface area contributed by atoms with Crippen LogP contribution in [-0.2, 0) is 17.9 Å². The molecule has 0 fully saturated rings. The van der Waals surface area contributed by atoms with Crippen molar-refractivity contribution >= 4 is 17.4 Å². The fraction of sp³-hybridized carbons (Fsp3) is 0.150. The summed E-state index contributed by atoms with van der Waals surface area (Å²) in [6.07, 6.45) is 1.38. The Morgan fingerprint density at radius 1 is 1.15 bits per heavy atom. The second-order valence-corrected chi connectivity index (χ2v) is 5.66. The van der Waals surface area contributed by atoms with Crippen LogP contribution in [-0.4, -0.2) is 11.7 Å². The highest BCUT2D eigenvalue weighted by molar-refractivity contribution is 6.06. The van der Waals surface area contributed by atoms with Crippen LogP contribution in [0.2, 0.25) is 0 Å². The number of carbonyl (C=O) groups is 2. The minimum absolute atomic E-state index is 0.0457.